The average molecular weight is 385 g/mol. The van der Waals surface area contributed by atoms with E-state index in [1.54, 1.807) is 6.07 Å². The Balaban J connectivity index is 1.65. The molecule has 0 radical (unpaired) electrons. The van der Waals surface area contributed by atoms with Crippen molar-refractivity contribution in [3.63, 3.8) is 0 Å². The quantitative estimate of drug-likeness (QED) is 0.698. The first-order valence-electron chi connectivity index (χ1n) is 8.46. The van der Waals surface area contributed by atoms with Gasteiger partial charge in [0.1, 0.15) is 23.6 Å². The number of nitrogen functional groups attached to an aromatic ring is 1. The van der Waals surface area contributed by atoms with Crippen molar-refractivity contribution in [3.05, 3.63) is 59.9 Å². The third-order valence-electron chi connectivity index (χ3n) is 4.22. The number of nitrogens with one attached hydrogen (secondary N) is 1. The molecule has 144 valence electrons. The Bertz CT molecular complexity index is 1070. The Labute approximate surface area is 159 Å². The Hall–Kier alpha value is -3.46. The molecule has 28 heavy (non-hydrogen) atoms. The maximum atomic E-state index is 13.9. The molecule has 7 nitrogen and oxygen atoms in total. The molecular weight excluding hydrogens is 368 g/mol. The van der Waals surface area contributed by atoms with Gasteiger partial charge in [-0.1, -0.05) is 6.08 Å². The van der Waals surface area contributed by atoms with Crippen molar-refractivity contribution in [2.24, 2.45) is 0 Å². The van der Waals surface area contributed by atoms with Gasteiger partial charge in [-0.05, 0) is 18.2 Å². The van der Waals surface area contributed by atoms with Crippen LogP contribution in [0.5, 0.6) is 11.6 Å². The molecule has 3 heterocycles. The molecule has 3 N–H and O–H groups in total. The Kier molecular flexibility index (Phi) is 4.66. The Morgan fingerprint density at radius 3 is 2.82 bits per heavy atom. The Morgan fingerprint density at radius 2 is 2.07 bits per heavy atom. The molecule has 0 aliphatic carbocycles. The molecule has 0 unspecified atom stereocenters. The number of fused-ring (bicyclic) bond motifs is 1. The van der Waals surface area contributed by atoms with E-state index in [0.717, 1.165) is 11.8 Å². The number of nitrogens with two attached hydrogens (primary N) is 1. The summed E-state index contributed by atoms with van der Waals surface area (Å²) in [6.45, 7) is 0.749. The fourth-order valence-corrected chi connectivity index (χ4v) is 2.91. The standard InChI is InChI=1S/C19H17F2N5O2/c1-27-17-4-3-15(26-6-2-5-23-26)14(24-17)10-28-16-8-11-7-12(20)9-13(21)18(11)25-19(16)22/h2-4,6-9,23H,5,10H2,1H3,(H2,22,25). The first kappa shape index (κ1) is 17.9. The molecule has 9 heteroatoms. The maximum absolute atomic E-state index is 13.9. The zero-order chi connectivity index (χ0) is 19.7. The highest BCUT2D eigenvalue weighted by Gasteiger charge is 2.16. The summed E-state index contributed by atoms with van der Waals surface area (Å²) >= 11 is 0. The van der Waals surface area contributed by atoms with Crippen LogP contribution in [0.1, 0.15) is 5.69 Å². The largest absolute Gasteiger partial charge is 0.483 e. The SMILES string of the molecule is COc1ccc(N2C=CCN2)c(COc2cc3cc(F)cc(F)c3nc2N)n1. The van der Waals surface area contributed by atoms with Gasteiger partial charge in [0.25, 0.3) is 0 Å². The molecule has 2 aromatic heterocycles. The summed E-state index contributed by atoms with van der Waals surface area (Å²) < 4.78 is 38.4. The molecular formula is C19H17F2N5O2. The number of hydrogen-bond acceptors (Lipinski definition) is 7. The predicted octanol–water partition coefficient (Wildman–Crippen LogP) is 2.92. The van der Waals surface area contributed by atoms with Crippen molar-refractivity contribution in [3.8, 4) is 11.6 Å². The highest BCUT2D eigenvalue weighted by molar-refractivity contribution is 5.83. The number of aromatic nitrogens is 2. The highest BCUT2D eigenvalue weighted by Crippen LogP contribution is 2.29. The molecule has 0 amide bonds. The third kappa shape index (κ3) is 3.39. The van der Waals surface area contributed by atoms with Crippen LogP contribution in [0.25, 0.3) is 10.9 Å². The number of rotatable bonds is 5. The van der Waals surface area contributed by atoms with Crippen LogP contribution in [0.3, 0.4) is 0 Å². The maximum Gasteiger partial charge on any atom is 0.213 e. The number of hydrogen-bond donors (Lipinski definition) is 2. The van der Waals surface area contributed by atoms with Crippen LogP contribution >= 0.6 is 0 Å². The first-order valence-corrected chi connectivity index (χ1v) is 8.46. The summed E-state index contributed by atoms with van der Waals surface area (Å²) in [7, 11) is 1.52. The summed E-state index contributed by atoms with van der Waals surface area (Å²) in [5, 5.41) is 2.07. The molecule has 4 rings (SSSR count). The van der Waals surface area contributed by atoms with Crippen molar-refractivity contribution < 1.29 is 18.3 Å². The minimum Gasteiger partial charge on any atom is -0.483 e. The lowest BCUT2D eigenvalue weighted by molar-refractivity contribution is 0.299. The van der Waals surface area contributed by atoms with Crippen molar-refractivity contribution in [2.45, 2.75) is 6.61 Å². The number of hydrazine groups is 1. The van der Waals surface area contributed by atoms with Crippen LogP contribution in [-0.4, -0.2) is 23.6 Å². The number of ether oxygens (including phenoxy) is 2. The minimum absolute atomic E-state index is 0.00153. The molecule has 1 aliphatic rings. The van der Waals surface area contributed by atoms with Gasteiger partial charge in [0, 0.05) is 30.3 Å². The number of benzene rings is 1. The highest BCUT2D eigenvalue weighted by atomic mass is 19.1. The van der Waals surface area contributed by atoms with E-state index in [1.807, 2.05) is 23.4 Å². The smallest absolute Gasteiger partial charge is 0.213 e. The average Bonchev–Trinajstić information content (AvgIpc) is 3.21. The van der Waals surface area contributed by atoms with Crippen LogP contribution in [0.15, 0.2) is 42.6 Å². The van der Waals surface area contributed by atoms with E-state index in [4.69, 9.17) is 15.2 Å². The fourth-order valence-electron chi connectivity index (χ4n) is 2.91. The van der Waals surface area contributed by atoms with Gasteiger partial charge in [0.2, 0.25) is 5.88 Å². The Morgan fingerprint density at radius 1 is 1.21 bits per heavy atom. The molecule has 3 aromatic rings. The van der Waals surface area contributed by atoms with Gasteiger partial charge in [-0.3, -0.25) is 5.01 Å². The summed E-state index contributed by atoms with van der Waals surface area (Å²) in [6, 6.07) is 6.98. The minimum atomic E-state index is -0.781. The van der Waals surface area contributed by atoms with Crippen LogP contribution in [-0.2, 0) is 6.61 Å². The van der Waals surface area contributed by atoms with Crippen LogP contribution in [0.2, 0.25) is 0 Å². The summed E-state index contributed by atoms with van der Waals surface area (Å²) in [6.07, 6.45) is 3.84. The lowest BCUT2D eigenvalue weighted by atomic mass is 10.2. The van der Waals surface area contributed by atoms with Crippen molar-refractivity contribution in [1.29, 1.82) is 0 Å². The van der Waals surface area contributed by atoms with E-state index >= 15 is 0 Å². The first-order chi connectivity index (χ1) is 13.5. The van der Waals surface area contributed by atoms with Crippen LogP contribution < -0.4 is 25.6 Å². The van der Waals surface area contributed by atoms with Gasteiger partial charge in [0.05, 0.1) is 12.8 Å². The fraction of sp³-hybridized carbons (Fsp3) is 0.158. The van der Waals surface area contributed by atoms with Gasteiger partial charge >= 0.3 is 0 Å². The topological polar surface area (TPSA) is 85.5 Å². The molecule has 0 atom stereocenters. The molecule has 0 saturated carbocycles. The number of nitrogens with zero attached hydrogens (tertiary/aromatic N) is 3. The molecule has 0 saturated heterocycles. The van der Waals surface area contributed by atoms with Gasteiger partial charge in [0.15, 0.2) is 17.4 Å². The lowest BCUT2D eigenvalue weighted by Gasteiger charge is -2.20. The second kappa shape index (κ2) is 7.28. The monoisotopic (exact) mass is 385 g/mol. The van der Waals surface area contributed by atoms with Gasteiger partial charge in [-0.25, -0.2) is 24.2 Å². The van der Waals surface area contributed by atoms with E-state index in [1.165, 1.54) is 19.2 Å². The number of halogens is 2. The van der Waals surface area contributed by atoms with E-state index < -0.39 is 11.6 Å². The molecule has 1 aliphatic heterocycles. The second-order valence-corrected chi connectivity index (χ2v) is 6.06. The predicted molar refractivity (Wildman–Crippen MR) is 101 cm³/mol. The molecule has 0 fully saturated rings. The second-order valence-electron chi connectivity index (χ2n) is 6.06. The van der Waals surface area contributed by atoms with E-state index in [0.29, 0.717) is 18.1 Å². The molecule has 0 spiro atoms. The zero-order valence-corrected chi connectivity index (χ0v) is 14.9. The number of anilines is 2. The van der Waals surface area contributed by atoms with Crippen molar-refractivity contribution in [1.82, 2.24) is 15.4 Å². The van der Waals surface area contributed by atoms with E-state index in [-0.39, 0.29) is 29.1 Å². The molecule has 0 bridgehead atoms. The van der Waals surface area contributed by atoms with Crippen LogP contribution in [0, 0.1) is 11.6 Å². The third-order valence-corrected chi connectivity index (χ3v) is 4.22. The number of pyridine rings is 2. The number of methoxy groups -OCH3 is 1. The normalized spacial score (nSPS) is 13.3. The summed E-state index contributed by atoms with van der Waals surface area (Å²) in [5.74, 6) is -0.845. The summed E-state index contributed by atoms with van der Waals surface area (Å²) in [4.78, 5) is 8.42. The van der Waals surface area contributed by atoms with Gasteiger partial charge < -0.3 is 15.2 Å². The zero-order valence-electron chi connectivity index (χ0n) is 14.9. The lowest BCUT2D eigenvalue weighted by Crippen LogP contribution is -2.29. The summed E-state index contributed by atoms with van der Waals surface area (Å²) in [5.41, 5.74) is 10.4. The van der Waals surface area contributed by atoms with E-state index in [9.17, 15) is 8.78 Å². The van der Waals surface area contributed by atoms with Crippen molar-refractivity contribution >= 4 is 22.4 Å². The molecule has 1 aromatic carbocycles. The van der Waals surface area contributed by atoms with Gasteiger partial charge in [-0.15, -0.1) is 0 Å². The van der Waals surface area contributed by atoms with Crippen LogP contribution in [0.4, 0.5) is 20.3 Å². The van der Waals surface area contributed by atoms with Crippen molar-refractivity contribution in [2.75, 3.05) is 24.4 Å². The van der Waals surface area contributed by atoms with Gasteiger partial charge in [-0.2, -0.15) is 0 Å². The van der Waals surface area contributed by atoms with E-state index in [2.05, 4.69) is 15.4 Å².